The van der Waals surface area contributed by atoms with Crippen LogP contribution in [0, 0.1) is 11.3 Å². The first-order chi connectivity index (χ1) is 10.2. The number of aromatic nitrogens is 2. The summed E-state index contributed by atoms with van der Waals surface area (Å²) in [5.74, 6) is -0.290. The molecule has 3 rings (SSSR count). The fraction of sp³-hybridized carbons (Fsp3) is 0.357. The van der Waals surface area contributed by atoms with E-state index in [2.05, 4.69) is 16.4 Å². The number of imidazole rings is 1. The highest BCUT2D eigenvalue weighted by molar-refractivity contribution is 7.16. The van der Waals surface area contributed by atoms with Gasteiger partial charge < -0.3 is 15.6 Å². The molecule has 0 unspecified atom stereocenters. The highest BCUT2D eigenvalue weighted by Gasteiger charge is 2.23. The highest BCUT2D eigenvalue weighted by Crippen LogP contribution is 2.38. The van der Waals surface area contributed by atoms with Crippen LogP contribution >= 0.6 is 11.3 Å². The molecule has 6 nitrogen and oxygen atoms in total. The van der Waals surface area contributed by atoms with Crippen LogP contribution in [0.4, 0.5) is 5.00 Å². The first-order valence-corrected chi connectivity index (χ1v) is 7.62. The third-order valence-electron chi connectivity index (χ3n) is 3.51. The largest absolute Gasteiger partial charge is 0.335 e. The fourth-order valence-electron chi connectivity index (χ4n) is 2.53. The molecule has 0 radical (unpaired) electrons. The van der Waals surface area contributed by atoms with Gasteiger partial charge in [0.25, 0.3) is 5.91 Å². The second kappa shape index (κ2) is 5.68. The molecule has 2 aromatic heterocycles. The number of rotatable bonds is 4. The summed E-state index contributed by atoms with van der Waals surface area (Å²) in [5, 5.41) is 12.8. The molecule has 0 spiro atoms. The summed E-state index contributed by atoms with van der Waals surface area (Å²) in [6, 6.07) is 2.21. The first-order valence-electron chi connectivity index (χ1n) is 6.80. The van der Waals surface area contributed by atoms with E-state index >= 15 is 0 Å². The normalized spacial score (nSPS) is 13.0. The van der Waals surface area contributed by atoms with Crippen LogP contribution < -0.4 is 11.1 Å². The molecule has 0 bridgehead atoms. The molecule has 2 aromatic rings. The van der Waals surface area contributed by atoms with Crippen molar-refractivity contribution in [3.63, 3.8) is 0 Å². The van der Waals surface area contributed by atoms with Gasteiger partial charge in [0.15, 0.2) is 0 Å². The molecule has 0 saturated heterocycles. The lowest BCUT2D eigenvalue weighted by molar-refractivity contribution is 0.102. The third kappa shape index (κ3) is 2.55. The number of nitriles is 1. The SMILES string of the molecule is N#Cc1c(NC(=O)c2cn(CCN)cn2)sc2c1CCC2. The van der Waals surface area contributed by atoms with Crippen molar-refractivity contribution in [2.75, 3.05) is 11.9 Å². The minimum atomic E-state index is -0.290. The van der Waals surface area contributed by atoms with Crippen LogP contribution in [0.3, 0.4) is 0 Å². The lowest BCUT2D eigenvalue weighted by atomic mass is 10.1. The van der Waals surface area contributed by atoms with Crippen molar-refractivity contribution in [3.05, 3.63) is 34.2 Å². The Labute approximate surface area is 126 Å². The van der Waals surface area contributed by atoms with E-state index in [-0.39, 0.29) is 5.91 Å². The standard InChI is InChI=1S/C14H15N5OS/c15-4-5-19-7-11(17-8-19)13(20)18-14-10(6-16)9-2-1-3-12(9)21-14/h7-8H,1-5,15H2,(H,18,20). The van der Waals surface area contributed by atoms with Crippen LogP contribution in [0.2, 0.25) is 0 Å². The Hall–Kier alpha value is -2.17. The molecule has 0 atom stereocenters. The summed E-state index contributed by atoms with van der Waals surface area (Å²) >= 11 is 1.50. The molecular formula is C14H15N5OS. The van der Waals surface area contributed by atoms with Gasteiger partial charge in [0.2, 0.25) is 0 Å². The minimum absolute atomic E-state index is 0.290. The Morgan fingerprint density at radius 3 is 3.19 bits per heavy atom. The number of hydrogen-bond acceptors (Lipinski definition) is 5. The minimum Gasteiger partial charge on any atom is -0.335 e. The number of carbonyl (C=O) groups excluding carboxylic acids is 1. The summed E-state index contributed by atoms with van der Waals surface area (Å²) in [4.78, 5) is 17.5. The van der Waals surface area contributed by atoms with Crippen LogP contribution in [-0.2, 0) is 19.4 Å². The number of carbonyl (C=O) groups is 1. The Morgan fingerprint density at radius 2 is 2.43 bits per heavy atom. The number of nitrogens with zero attached hydrogens (tertiary/aromatic N) is 3. The monoisotopic (exact) mass is 301 g/mol. The number of amides is 1. The number of anilines is 1. The van der Waals surface area contributed by atoms with E-state index in [0.29, 0.717) is 29.3 Å². The zero-order chi connectivity index (χ0) is 14.8. The predicted molar refractivity (Wildman–Crippen MR) is 80.3 cm³/mol. The van der Waals surface area contributed by atoms with E-state index in [4.69, 9.17) is 5.73 Å². The van der Waals surface area contributed by atoms with E-state index in [1.807, 2.05) is 0 Å². The predicted octanol–water partition coefficient (Wildman–Crippen LogP) is 1.52. The Morgan fingerprint density at radius 1 is 1.57 bits per heavy atom. The Bertz CT molecular complexity index is 724. The summed E-state index contributed by atoms with van der Waals surface area (Å²) in [6.45, 7) is 1.12. The second-order valence-electron chi connectivity index (χ2n) is 4.91. The lowest BCUT2D eigenvalue weighted by Gasteiger charge is -2.01. The Balaban J connectivity index is 1.80. The molecular weight excluding hydrogens is 286 g/mol. The average molecular weight is 301 g/mol. The maximum absolute atomic E-state index is 12.2. The van der Waals surface area contributed by atoms with Crippen LogP contribution in [0.15, 0.2) is 12.5 Å². The number of nitrogens with two attached hydrogens (primary N) is 1. The van der Waals surface area contributed by atoms with Gasteiger partial charge in [-0.1, -0.05) is 0 Å². The van der Waals surface area contributed by atoms with Gasteiger partial charge in [-0.2, -0.15) is 5.26 Å². The van der Waals surface area contributed by atoms with Gasteiger partial charge in [0.1, 0.15) is 16.8 Å². The summed E-state index contributed by atoms with van der Waals surface area (Å²) in [6.07, 6.45) is 6.26. The van der Waals surface area contributed by atoms with E-state index in [1.165, 1.54) is 16.2 Å². The average Bonchev–Trinajstić information content (AvgIpc) is 3.14. The molecule has 3 N–H and O–H groups in total. The number of hydrogen-bond donors (Lipinski definition) is 2. The molecule has 1 amide bonds. The molecule has 0 aliphatic heterocycles. The zero-order valence-corrected chi connectivity index (χ0v) is 12.2. The van der Waals surface area contributed by atoms with Gasteiger partial charge in [0.05, 0.1) is 11.9 Å². The molecule has 0 fully saturated rings. The molecule has 2 heterocycles. The zero-order valence-electron chi connectivity index (χ0n) is 11.4. The van der Waals surface area contributed by atoms with Crippen molar-refractivity contribution < 1.29 is 4.79 Å². The van der Waals surface area contributed by atoms with Crippen molar-refractivity contribution in [2.24, 2.45) is 5.73 Å². The fourth-order valence-corrected chi connectivity index (χ4v) is 3.76. The Kier molecular flexibility index (Phi) is 3.73. The molecule has 0 aromatic carbocycles. The van der Waals surface area contributed by atoms with Crippen molar-refractivity contribution in [1.29, 1.82) is 5.26 Å². The van der Waals surface area contributed by atoms with E-state index in [1.54, 1.807) is 17.1 Å². The summed E-state index contributed by atoms with van der Waals surface area (Å²) in [5.41, 5.74) is 7.52. The van der Waals surface area contributed by atoms with E-state index < -0.39 is 0 Å². The van der Waals surface area contributed by atoms with Gasteiger partial charge in [-0.25, -0.2) is 4.98 Å². The van der Waals surface area contributed by atoms with Gasteiger partial charge in [-0.15, -0.1) is 11.3 Å². The maximum Gasteiger partial charge on any atom is 0.276 e. The first kappa shape index (κ1) is 13.8. The molecule has 1 aliphatic carbocycles. The molecule has 21 heavy (non-hydrogen) atoms. The molecule has 7 heteroatoms. The summed E-state index contributed by atoms with van der Waals surface area (Å²) in [7, 11) is 0. The van der Waals surface area contributed by atoms with Crippen LogP contribution in [0.25, 0.3) is 0 Å². The van der Waals surface area contributed by atoms with Crippen LogP contribution in [-0.4, -0.2) is 22.0 Å². The maximum atomic E-state index is 12.2. The van der Waals surface area contributed by atoms with Crippen LogP contribution in [0.5, 0.6) is 0 Å². The van der Waals surface area contributed by atoms with Gasteiger partial charge in [0, 0.05) is 24.2 Å². The lowest BCUT2D eigenvalue weighted by Crippen LogP contribution is -2.13. The molecule has 1 aliphatic rings. The number of thiophene rings is 1. The van der Waals surface area contributed by atoms with E-state index in [0.717, 1.165) is 24.8 Å². The number of nitrogens with one attached hydrogen (secondary N) is 1. The van der Waals surface area contributed by atoms with Crippen molar-refractivity contribution in [1.82, 2.24) is 9.55 Å². The van der Waals surface area contributed by atoms with Gasteiger partial charge >= 0.3 is 0 Å². The van der Waals surface area contributed by atoms with Crippen LogP contribution in [0.1, 0.15) is 32.9 Å². The molecule has 0 saturated carbocycles. The van der Waals surface area contributed by atoms with Gasteiger partial charge in [-0.05, 0) is 24.8 Å². The summed E-state index contributed by atoms with van der Waals surface area (Å²) < 4.78 is 1.77. The van der Waals surface area contributed by atoms with Crippen molar-refractivity contribution in [2.45, 2.75) is 25.8 Å². The van der Waals surface area contributed by atoms with E-state index in [9.17, 15) is 10.1 Å². The number of fused-ring (bicyclic) bond motifs is 1. The highest BCUT2D eigenvalue weighted by atomic mass is 32.1. The third-order valence-corrected chi connectivity index (χ3v) is 4.72. The van der Waals surface area contributed by atoms with Crippen molar-refractivity contribution >= 4 is 22.2 Å². The topological polar surface area (TPSA) is 96.7 Å². The quantitative estimate of drug-likeness (QED) is 0.894. The second-order valence-corrected chi connectivity index (χ2v) is 6.02. The van der Waals surface area contributed by atoms with Crippen molar-refractivity contribution in [3.8, 4) is 6.07 Å². The smallest absolute Gasteiger partial charge is 0.276 e. The van der Waals surface area contributed by atoms with Gasteiger partial charge in [-0.3, -0.25) is 4.79 Å². The number of aryl methyl sites for hydroxylation is 1. The molecule has 108 valence electrons.